The maximum atomic E-state index is 12.2. The van der Waals surface area contributed by atoms with Gasteiger partial charge in [0.15, 0.2) is 5.69 Å². The molecule has 0 radical (unpaired) electrons. The molecule has 1 heterocycles. The molecule has 0 atom stereocenters. The second-order valence-electron chi connectivity index (χ2n) is 4.62. The summed E-state index contributed by atoms with van der Waals surface area (Å²) >= 11 is 0. The van der Waals surface area contributed by atoms with Crippen LogP contribution in [0.2, 0.25) is 0 Å². The van der Waals surface area contributed by atoms with Crippen molar-refractivity contribution in [1.82, 2.24) is 15.1 Å². The number of amides is 1. The zero-order valence-corrected chi connectivity index (χ0v) is 11.0. The SMILES string of the molecule is CCNc1ccc(C(=O)N(CC)CC2CC2)nn1. The molecular weight excluding hydrogens is 228 g/mol. The van der Waals surface area contributed by atoms with Gasteiger partial charge in [-0.25, -0.2) is 0 Å². The molecule has 1 N–H and O–H groups in total. The van der Waals surface area contributed by atoms with Crippen molar-refractivity contribution < 1.29 is 4.79 Å². The molecule has 18 heavy (non-hydrogen) atoms. The highest BCUT2D eigenvalue weighted by Crippen LogP contribution is 2.29. The number of aromatic nitrogens is 2. The lowest BCUT2D eigenvalue weighted by Crippen LogP contribution is -2.33. The van der Waals surface area contributed by atoms with Crippen LogP contribution in [0.1, 0.15) is 37.2 Å². The van der Waals surface area contributed by atoms with Gasteiger partial charge in [-0.05, 0) is 44.7 Å². The number of carbonyl (C=O) groups excluding carboxylic acids is 1. The van der Waals surface area contributed by atoms with Gasteiger partial charge in [-0.2, -0.15) is 0 Å². The fraction of sp³-hybridized carbons (Fsp3) is 0.615. The zero-order valence-electron chi connectivity index (χ0n) is 11.0. The third-order valence-electron chi connectivity index (χ3n) is 3.09. The minimum absolute atomic E-state index is 0.0139. The van der Waals surface area contributed by atoms with Crippen LogP contribution in [0.5, 0.6) is 0 Å². The smallest absolute Gasteiger partial charge is 0.274 e. The molecule has 1 aliphatic carbocycles. The van der Waals surface area contributed by atoms with Gasteiger partial charge in [0.05, 0.1) is 0 Å². The summed E-state index contributed by atoms with van der Waals surface area (Å²) in [4.78, 5) is 14.1. The normalized spacial score (nSPS) is 14.3. The zero-order chi connectivity index (χ0) is 13.0. The van der Waals surface area contributed by atoms with Gasteiger partial charge in [0, 0.05) is 19.6 Å². The maximum Gasteiger partial charge on any atom is 0.274 e. The Morgan fingerprint density at radius 1 is 1.39 bits per heavy atom. The molecule has 5 nitrogen and oxygen atoms in total. The lowest BCUT2D eigenvalue weighted by molar-refractivity contribution is 0.0750. The summed E-state index contributed by atoms with van der Waals surface area (Å²) in [6.45, 7) is 6.37. The van der Waals surface area contributed by atoms with Crippen LogP contribution in [0.4, 0.5) is 5.82 Å². The average Bonchev–Trinajstić information content (AvgIpc) is 3.20. The van der Waals surface area contributed by atoms with Crippen LogP contribution in [-0.4, -0.2) is 40.6 Å². The Bertz CT molecular complexity index is 400. The standard InChI is InChI=1S/C13H20N4O/c1-3-14-12-8-7-11(15-16-12)13(18)17(4-2)9-10-5-6-10/h7-8,10H,3-6,9H2,1-2H3,(H,14,16). The van der Waals surface area contributed by atoms with E-state index in [1.165, 1.54) is 12.8 Å². The molecule has 1 aliphatic rings. The Kier molecular flexibility index (Phi) is 4.12. The van der Waals surface area contributed by atoms with Gasteiger partial charge in [-0.3, -0.25) is 4.79 Å². The summed E-state index contributed by atoms with van der Waals surface area (Å²) < 4.78 is 0. The van der Waals surface area contributed by atoms with E-state index in [-0.39, 0.29) is 5.91 Å². The predicted molar refractivity (Wildman–Crippen MR) is 70.5 cm³/mol. The fourth-order valence-electron chi connectivity index (χ4n) is 1.85. The third kappa shape index (κ3) is 3.18. The van der Waals surface area contributed by atoms with Crippen LogP contribution in [0.15, 0.2) is 12.1 Å². The van der Waals surface area contributed by atoms with Crippen molar-refractivity contribution in [3.05, 3.63) is 17.8 Å². The fourth-order valence-corrected chi connectivity index (χ4v) is 1.85. The Balaban J connectivity index is 2.01. The Morgan fingerprint density at radius 3 is 2.67 bits per heavy atom. The highest BCUT2D eigenvalue weighted by molar-refractivity contribution is 5.92. The third-order valence-corrected chi connectivity index (χ3v) is 3.09. The number of hydrogen-bond donors (Lipinski definition) is 1. The molecule has 98 valence electrons. The van der Waals surface area contributed by atoms with E-state index in [1.807, 2.05) is 18.7 Å². The summed E-state index contributed by atoms with van der Waals surface area (Å²) in [7, 11) is 0. The Morgan fingerprint density at radius 2 is 2.17 bits per heavy atom. The first-order valence-electron chi connectivity index (χ1n) is 6.61. The summed E-state index contributed by atoms with van der Waals surface area (Å²) in [6, 6.07) is 3.54. The van der Waals surface area contributed by atoms with Crippen LogP contribution >= 0.6 is 0 Å². The molecule has 1 amide bonds. The summed E-state index contributed by atoms with van der Waals surface area (Å²) in [6.07, 6.45) is 2.49. The summed E-state index contributed by atoms with van der Waals surface area (Å²) in [5.74, 6) is 1.39. The number of nitrogens with zero attached hydrogens (tertiary/aromatic N) is 3. The molecule has 0 spiro atoms. The van der Waals surface area contributed by atoms with Crippen LogP contribution in [0.3, 0.4) is 0 Å². The molecule has 0 saturated heterocycles. The lowest BCUT2D eigenvalue weighted by Gasteiger charge is -2.19. The van der Waals surface area contributed by atoms with Crippen molar-refractivity contribution in [3.8, 4) is 0 Å². The molecular formula is C13H20N4O. The summed E-state index contributed by atoms with van der Waals surface area (Å²) in [5, 5.41) is 11.0. The van der Waals surface area contributed by atoms with E-state index < -0.39 is 0 Å². The second kappa shape index (κ2) is 5.80. The van der Waals surface area contributed by atoms with Gasteiger partial charge < -0.3 is 10.2 Å². The van der Waals surface area contributed by atoms with Gasteiger partial charge in [0.25, 0.3) is 5.91 Å². The Hall–Kier alpha value is -1.65. The van der Waals surface area contributed by atoms with Crippen LogP contribution in [0, 0.1) is 5.92 Å². The minimum Gasteiger partial charge on any atom is -0.369 e. The number of nitrogens with one attached hydrogen (secondary N) is 1. The van der Waals surface area contributed by atoms with Gasteiger partial charge in [0.2, 0.25) is 0 Å². The second-order valence-corrected chi connectivity index (χ2v) is 4.62. The molecule has 1 fully saturated rings. The van der Waals surface area contributed by atoms with Crippen molar-refractivity contribution >= 4 is 11.7 Å². The molecule has 5 heteroatoms. The van der Waals surface area contributed by atoms with E-state index in [2.05, 4.69) is 15.5 Å². The van der Waals surface area contributed by atoms with E-state index in [4.69, 9.17) is 0 Å². The predicted octanol–water partition coefficient (Wildman–Crippen LogP) is 1.78. The molecule has 0 aromatic carbocycles. The molecule has 0 bridgehead atoms. The van der Waals surface area contributed by atoms with E-state index in [0.717, 1.165) is 19.6 Å². The van der Waals surface area contributed by atoms with Crippen molar-refractivity contribution in [1.29, 1.82) is 0 Å². The number of carbonyl (C=O) groups is 1. The average molecular weight is 248 g/mol. The van der Waals surface area contributed by atoms with Crippen molar-refractivity contribution in [2.75, 3.05) is 25.0 Å². The largest absolute Gasteiger partial charge is 0.369 e. The van der Waals surface area contributed by atoms with Gasteiger partial charge >= 0.3 is 0 Å². The minimum atomic E-state index is -0.0139. The highest BCUT2D eigenvalue weighted by atomic mass is 16.2. The molecule has 0 aliphatic heterocycles. The van der Waals surface area contributed by atoms with E-state index in [1.54, 1.807) is 12.1 Å². The highest BCUT2D eigenvalue weighted by Gasteiger charge is 2.27. The molecule has 0 unspecified atom stereocenters. The maximum absolute atomic E-state index is 12.2. The van der Waals surface area contributed by atoms with E-state index in [9.17, 15) is 4.79 Å². The number of anilines is 1. The quantitative estimate of drug-likeness (QED) is 0.833. The molecule has 2 rings (SSSR count). The Labute approximate surface area is 108 Å². The van der Waals surface area contributed by atoms with Crippen LogP contribution in [0.25, 0.3) is 0 Å². The van der Waals surface area contributed by atoms with Crippen molar-refractivity contribution in [3.63, 3.8) is 0 Å². The lowest BCUT2D eigenvalue weighted by atomic mass is 10.3. The number of rotatable bonds is 6. The number of hydrogen-bond acceptors (Lipinski definition) is 4. The van der Waals surface area contributed by atoms with E-state index in [0.29, 0.717) is 17.4 Å². The van der Waals surface area contributed by atoms with Crippen molar-refractivity contribution in [2.24, 2.45) is 5.92 Å². The van der Waals surface area contributed by atoms with Crippen LogP contribution < -0.4 is 5.32 Å². The van der Waals surface area contributed by atoms with Crippen molar-refractivity contribution in [2.45, 2.75) is 26.7 Å². The topological polar surface area (TPSA) is 58.1 Å². The monoisotopic (exact) mass is 248 g/mol. The molecule has 1 aromatic heterocycles. The van der Waals surface area contributed by atoms with Crippen LogP contribution in [-0.2, 0) is 0 Å². The van der Waals surface area contributed by atoms with Gasteiger partial charge in [-0.15, -0.1) is 10.2 Å². The van der Waals surface area contributed by atoms with Gasteiger partial charge in [0.1, 0.15) is 5.82 Å². The van der Waals surface area contributed by atoms with Gasteiger partial charge in [-0.1, -0.05) is 0 Å². The first kappa shape index (κ1) is 12.8. The molecule has 1 saturated carbocycles. The first-order chi connectivity index (χ1) is 8.74. The summed E-state index contributed by atoms with van der Waals surface area (Å²) in [5.41, 5.74) is 0.430. The van der Waals surface area contributed by atoms with E-state index >= 15 is 0 Å². The molecule has 1 aromatic rings. The first-order valence-corrected chi connectivity index (χ1v) is 6.61.